The maximum Gasteiger partial charge on any atom is 0.420 e. The predicted octanol–water partition coefficient (Wildman–Crippen LogP) is 2.35. The zero-order valence-electron chi connectivity index (χ0n) is 10.3. The molecule has 0 aliphatic carbocycles. The Labute approximate surface area is 110 Å². The molecule has 110 valence electrons. The van der Waals surface area contributed by atoms with E-state index in [1.807, 2.05) is 0 Å². The van der Waals surface area contributed by atoms with Crippen molar-refractivity contribution in [1.82, 2.24) is 5.01 Å². The Morgan fingerprint density at radius 1 is 1.30 bits per heavy atom. The van der Waals surface area contributed by atoms with Crippen molar-refractivity contribution < 1.29 is 27.9 Å². The first-order valence-corrected chi connectivity index (χ1v) is 5.01. The molecule has 1 aromatic carbocycles. The molecule has 0 saturated carbocycles. The summed E-state index contributed by atoms with van der Waals surface area (Å²) in [6.07, 6.45) is -4.89. The molecule has 0 aliphatic heterocycles. The Hall–Kier alpha value is -2.59. The van der Waals surface area contributed by atoms with E-state index in [4.69, 9.17) is 0 Å². The molecule has 0 bridgehead atoms. The van der Waals surface area contributed by atoms with Gasteiger partial charge >= 0.3 is 6.18 Å². The van der Waals surface area contributed by atoms with Crippen LogP contribution in [0, 0.1) is 15.3 Å². The summed E-state index contributed by atoms with van der Waals surface area (Å²) in [6.45, 7) is 0. The molecular formula is C9H9F3N4O4. The highest BCUT2D eigenvalue weighted by atomic mass is 19.4. The lowest BCUT2D eigenvalue weighted by Crippen LogP contribution is -2.21. The van der Waals surface area contributed by atoms with Crippen LogP contribution in [0.2, 0.25) is 0 Å². The maximum atomic E-state index is 12.7. The van der Waals surface area contributed by atoms with Crippen molar-refractivity contribution in [2.75, 3.05) is 14.1 Å². The lowest BCUT2D eigenvalue weighted by atomic mass is 10.1. The number of non-ortho nitro benzene ring substituents is 1. The van der Waals surface area contributed by atoms with Crippen LogP contribution in [0.3, 0.4) is 0 Å². The fourth-order valence-corrected chi connectivity index (χ4v) is 1.08. The third kappa shape index (κ3) is 3.70. The van der Waals surface area contributed by atoms with Crippen LogP contribution in [-0.4, -0.2) is 29.0 Å². The predicted molar refractivity (Wildman–Crippen MR) is 58.5 cm³/mol. The monoisotopic (exact) mass is 294 g/mol. The van der Waals surface area contributed by atoms with E-state index in [0.29, 0.717) is 12.1 Å². The van der Waals surface area contributed by atoms with Crippen molar-refractivity contribution in [2.45, 2.75) is 6.18 Å². The van der Waals surface area contributed by atoms with E-state index < -0.39 is 28.1 Å². The normalized spacial score (nSPS) is 12.2. The summed E-state index contributed by atoms with van der Waals surface area (Å²) in [5.41, 5.74) is -2.15. The standard InChI is InChI=1S/C9H9F3N4O4/c1-14(2)16(19)13-20-8-4-3-6(15(17)18)5-7(8)9(10,11)12/h3-5H,1-2H3/b16-13-. The van der Waals surface area contributed by atoms with Crippen molar-refractivity contribution in [1.29, 1.82) is 0 Å². The van der Waals surface area contributed by atoms with E-state index in [0.717, 1.165) is 11.1 Å². The van der Waals surface area contributed by atoms with Gasteiger partial charge < -0.3 is 10.0 Å². The third-order valence-electron chi connectivity index (χ3n) is 2.03. The Morgan fingerprint density at radius 3 is 2.35 bits per heavy atom. The molecule has 0 radical (unpaired) electrons. The lowest BCUT2D eigenvalue weighted by Gasteiger charge is -2.10. The highest BCUT2D eigenvalue weighted by Gasteiger charge is 2.36. The zero-order valence-corrected chi connectivity index (χ0v) is 10.3. The van der Waals surface area contributed by atoms with Crippen LogP contribution in [0.4, 0.5) is 18.9 Å². The largest absolute Gasteiger partial charge is 0.569 e. The van der Waals surface area contributed by atoms with E-state index >= 15 is 0 Å². The topological polar surface area (TPSA) is 94.0 Å². The molecule has 0 aromatic heterocycles. The number of halogens is 3. The number of nitrogens with zero attached hydrogens (tertiary/aromatic N) is 4. The van der Waals surface area contributed by atoms with Crippen LogP contribution in [0.25, 0.3) is 0 Å². The number of nitro benzene ring substituents is 1. The van der Waals surface area contributed by atoms with Crippen LogP contribution in [-0.2, 0) is 6.18 Å². The van der Waals surface area contributed by atoms with E-state index in [-0.39, 0.29) is 4.97 Å². The summed E-state index contributed by atoms with van der Waals surface area (Å²) < 4.78 is 38.2. The number of hydrazine groups is 1. The summed E-state index contributed by atoms with van der Waals surface area (Å²) in [4.78, 5) is 13.8. The van der Waals surface area contributed by atoms with Crippen molar-refractivity contribution in [3.8, 4) is 5.75 Å². The van der Waals surface area contributed by atoms with Gasteiger partial charge in [-0.2, -0.15) is 18.2 Å². The van der Waals surface area contributed by atoms with Crippen molar-refractivity contribution in [2.24, 2.45) is 5.28 Å². The summed E-state index contributed by atoms with van der Waals surface area (Å²) in [5, 5.41) is 25.2. The molecule has 20 heavy (non-hydrogen) atoms. The molecule has 8 nitrogen and oxygen atoms in total. The third-order valence-corrected chi connectivity index (χ3v) is 2.03. The van der Waals surface area contributed by atoms with E-state index in [2.05, 4.69) is 10.1 Å². The van der Waals surface area contributed by atoms with Gasteiger partial charge in [0.2, 0.25) is 5.28 Å². The SMILES string of the molecule is CN(C)/[N+]([O-])=N/Oc1ccc([N+](=O)[O-])cc1C(F)(F)F. The minimum Gasteiger partial charge on any atom is -0.569 e. The van der Waals surface area contributed by atoms with Gasteiger partial charge in [0.25, 0.3) is 5.69 Å². The maximum absolute atomic E-state index is 12.7. The zero-order chi connectivity index (χ0) is 15.5. The van der Waals surface area contributed by atoms with Crippen molar-refractivity contribution in [3.63, 3.8) is 0 Å². The van der Waals surface area contributed by atoms with Gasteiger partial charge in [-0.3, -0.25) is 10.1 Å². The Balaban J connectivity index is 3.20. The number of nitro groups is 1. The van der Waals surface area contributed by atoms with Gasteiger partial charge in [0.05, 0.1) is 24.0 Å². The Morgan fingerprint density at radius 2 is 1.90 bits per heavy atom. The van der Waals surface area contributed by atoms with Gasteiger partial charge in [-0.25, -0.2) is 0 Å². The van der Waals surface area contributed by atoms with E-state index in [1.54, 1.807) is 0 Å². The van der Waals surface area contributed by atoms with Gasteiger partial charge in [-0.15, -0.1) is 0 Å². The van der Waals surface area contributed by atoms with Gasteiger partial charge in [0.15, 0.2) is 5.75 Å². The fourth-order valence-electron chi connectivity index (χ4n) is 1.08. The number of benzene rings is 1. The van der Waals surface area contributed by atoms with Crippen molar-refractivity contribution in [3.05, 3.63) is 39.1 Å². The molecule has 0 unspecified atom stereocenters. The smallest absolute Gasteiger partial charge is 0.420 e. The second kappa shape index (κ2) is 5.59. The molecule has 0 atom stereocenters. The molecule has 0 N–H and O–H groups in total. The van der Waals surface area contributed by atoms with Crippen LogP contribution in [0.15, 0.2) is 23.5 Å². The molecule has 0 fully saturated rings. The molecule has 0 spiro atoms. The number of hydrogen-bond acceptors (Lipinski definition) is 5. The molecule has 0 amide bonds. The molecule has 11 heteroatoms. The highest BCUT2D eigenvalue weighted by molar-refractivity contribution is 5.45. The highest BCUT2D eigenvalue weighted by Crippen LogP contribution is 2.38. The average molecular weight is 294 g/mol. The van der Waals surface area contributed by atoms with Crippen molar-refractivity contribution >= 4 is 5.69 Å². The fraction of sp³-hybridized carbons (Fsp3) is 0.333. The number of rotatable bonds is 4. The first-order valence-electron chi connectivity index (χ1n) is 5.01. The minimum absolute atomic E-state index is 0.0957. The van der Waals surface area contributed by atoms with Crippen LogP contribution in [0.1, 0.15) is 5.56 Å². The first-order chi connectivity index (χ1) is 9.12. The van der Waals surface area contributed by atoms with Crippen LogP contribution < -0.4 is 4.84 Å². The quantitative estimate of drug-likeness (QED) is 0.367. The summed E-state index contributed by atoms with van der Waals surface area (Å²) in [5.74, 6) is -0.814. The minimum atomic E-state index is -4.89. The molecule has 0 heterocycles. The molecule has 0 saturated heterocycles. The number of alkyl halides is 3. The second-order valence-electron chi connectivity index (χ2n) is 3.71. The molecule has 0 aliphatic rings. The Bertz CT molecular complexity index is 544. The van der Waals surface area contributed by atoms with E-state index in [1.165, 1.54) is 14.1 Å². The van der Waals surface area contributed by atoms with Crippen LogP contribution >= 0.6 is 0 Å². The van der Waals surface area contributed by atoms with E-state index in [9.17, 15) is 28.5 Å². The van der Waals surface area contributed by atoms with Gasteiger partial charge in [-0.1, -0.05) is 0 Å². The van der Waals surface area contributed by atoms with Gasteiger partial charge in [0.1, 0.15) is 5.56 Å². The van der Waals surface area contributed by atoms with Crippen LogP contribution in [0.5, 0.6) is 5.75 Å². The summed E-state index contributed by atoms with van der Waals surface area (Å²) in [7, 11) is 2.58. The number of hydrogen-bond donors (Lipinski definition) is 0. The Kier molecular flexibility index (Phi) is 4.32. The van der Waals surface area contributed by atoms with Gasteiger partial charge in [0, 0.05) is 12.1 Å². The molecule has 1 aromatic rings. The first kappa shape index (κ1) is 15.5. The summed E-state index contributed by atoms with van der Waals surface area (Å²) in [6, 6.07) is 1.83. The van der Waals surface area contributed by atoms with Gasteiger partial charge in [-0.05, 0) is 6.07 Å². The second-order valence-corrected chi connectivity index (χ2v) is 3.71. The average Bonchev–Trinajstić information content (AvgIpc) is 2.34. The molecule has 1 rings (SSSR count). The summed E-state index contributed by atoms with van der Waals surface area (Å²) >= 11 is 0. The lowest BCUT2D eigenvalue weighted by molar-refractivity contribution is -0.695. The molecular weight excluding hydrogens is 285 g/mol.